The van der Waals surface area contributed by atoms with Gasteiger partial charge in [0.15, 0.2) is 4.34 Å². The SMILES string of the molecule is C.CC(C)(C)c1cc(N)n(-c2nc(-n3nc(C(C)(C)C)cc3N)[nH]c(=O)n2)n1.Clc1nc(Cl)nc(Cl)n1.NN.NNc1nc(NN)[nH]c(=O)n1.Nc1nnc(Sc2ccc(C(=O)O)c(C(=O)O)c2)s1.O=CO[O-].O=N[O-].O=c1nc(Cl)nc(Cl)[nH]1.[Na+].[Na+]. The van der Waals surface area contributed by atoms with Gasteiger partial charge in [-0.2, -0.15) is 64.4 Å². The van der Waals surface area contributed by atoms with Crippen molar-refractivity contribution < 1.29 is 93.9 Å². The summed E-state index contributed by atoms with van der Waals surface area (Å²) in [6, 6.07) is 7.54. The van der Waals surface area contributed by atoms with Gasteiger partial charge in [0, 0.05) is 27.9 Å². The number of rotatable bonds is 9. The number of nitrogen functional groups attached to an aromatic ring is 5. The Bertz CT molecular complexity index is 3470. The van der Waals surface area contributed by atoms with Crippen LogP contribution in [0, 0.1) is 10.1 Å². The van der Waals surface area contributed by atoms with Crippen molar-refractivity contribution in [3.63, 3.8) is 0 Å². The Balaban J connectivity index is -0.00000103. The number of nitrogens with two attached hydrogens (primary N) is 7. The number of nitrogens with one attached hydrogen (secondary N) is 5. The van der Waals surface area contributed by atoms with Crippen LogP contribution in [0.4, 0.5) is 28.7 Å². The first-order valence-corrected chi connectivity index (χ1v) is 24.8. The number of anilines is 5. The Hall–Kier alpha value is -6.95. The van der Waals surface area contributed by atoms with Crippen molar-refractivity contribution in [2.75, 3.05) is 28.1 Å². The van der Waals surface area contributed by atoms with Crippen LogP contribution in [0.15, 0.2) is 59.3 Å². The number of benzene rings is 1. The van der Waals surface area contributed by atoms with Gasteiger partial charge in [-0.25, -0.2) is 35.7 Å². The monoisotopic (exact) mass is 1370 g/mol. The Labute approximate surface area is 565 Å². The van der Waals surface area contributed by atoms with E-state index in [-0.39, 0.29) is 145 Å². The standard InChI is InChI=1S/C17H25N9O.C10H7N3O4S2.C3Cl3N3.C3HCl2N3O.C3H7N7O.CH2O3.CH4.H4N2.HNO2.2Na/c1-16(2,3)9-7-11(18)25(23-9)13-20-14(22-15(27)21-13)26-12(19)8-10(24-26)17(4,5)6;11-9-12-13-10(19-9)18-4-1-2-5(7(14)15)6(3-4)8(16)17;4-1-7-2(5)9-3(6)8-1;4-1-6-2(5)8-3(9)7-1;4-9-1-6-2(10-5)8-3(11)7-1;2-1-4-3;;1-2;2-1-3;;/h7-8H,18-19H2,1-6H3,(H,20,21,22,27);1-3H,(H2,11,12)(H,14,15)(H,16,17);;(H,6,7,8,9);4-5H2,(H3,6,7,8,9,10,11);1,3H;1H4;1-2H2;(H,2,3);;/q;;;;;;;;;2*+1/p-2. The summed E-state index contributed by atoms with van der Waals surface area (Å²) < 4.78 is 3.26. The first-order chi connectivity index (χ1) is 39.3. The summed E-state index contributed by atoms with van der Waals surface area (Å²) >= 11 is 28.8. The molecule has 0 fully saturated rings. The van der Waals surface area contributed by atoms with Gasteiger partial charge >= 0.3 is 88.1 Å². The van der Waals surface area contributed by atoms with E-state index in [9.17, 15) is 24.0 Å². The van der Waals surface area contributed by atoms with Crippen molar-refractivity contribution in [1.29, 1.82) is 0 Å². The van der Waals surface area contributed by atoms with Gasteiger partial charge in [-0.15, -0.1) is 15.5 Å². The smallest absolute Gasteiger partial charge is 0.662 e. The van der Waals surface area contributed by atoms with Gasteiger partial charge in [0.1, 0.15) is 11.6 Å². The summed E-state index contributed by atoms with van der Waals surface area (Å²) in [4.78, 5) is 114. The summed E-state index contributed by atoms with van der Waals surface area (Å²) in [6.45, 7) is 11.9. The third-order valence-electron chi connectivity index (χ3n) is 8.21. The van der Waals surface area contributed by atoms with Crippen molar-refractivity contribution in [1.82, 2.24) is 89.6 Å². The predicted molar refractivity (Wildman–Crippen MR) is 309 cm³/mol. The maximum atomic E-state index is 12.1. The molecule has 21 N–H and O–H groups in total. The fraction of sp³-hybridized carbons (Fsp3) is 0.237. The van der Waals surface area contributed by atoms with Gasteiger partial charge < -0.3 is 47.7 Å². The number of aromatic nitrogens is 18. The van der Waals surface area contributed by atoms with E-state index in [4.69, 9.17) is 117 Å². The molecule has 7 heterocycles. The van der Waals surface area contributed by atoms with E-state index in [0.717, 1.165) is 28.1 Å². The van der Waals surface area contributed by atoms with Crippen LogP contribution in [0.3, 0.4) is 0 Å². The topological polar surface area (TPSA) is 659 Å². The molecule has 0 unspecified atom stereocenters. The number of H-pyrrole nitrogens is 3. The summed E-state index contributed by atoms with van der Waals surface area (Å²) in [7, 11) is 0. The number of halogens is 5. The van der Waals surface area contributed by atoms with E-state index < -0.39 is 29.0 Å². The van der Waals surface area contributed by atoms with E-state index in [1.165, 1.54) is 39.3 Å². The first-order valence-electron chi connectivity index (χ1n) is 21.3. The number of hydrogen-bond donors (Lipinski definition) is 14. The van der Waals surface area contributed by atoms with Crippen molar-refractivity contribution in [2.45, 2.75) is 69.0 Å². The number of aromatic amines is 3. The van der Waals surface area contributed by atoms with Crippen LogP contribution >= 0.6 is 81.1 Å². The van der Waals surface area contributed by atoms with Crippen molar-refractivity contribution in [3.8, 4) is 11.9 Å². The molecule has 0 saturated heterocycles. The average molecular weight is 1380 g/mol. The Morgan fingerprint density at radius 3 is 1.56 bits per heavy atom. The van der Waals surface area contributed by atoms with Gasteiger partial charge in [0.25, 0.3) is 12.4 Å². The summed E-state index contributed by atoms with van der Waals surface area (Å²) in [6.07, 6.45) is 0. The number of carboxylic acid groups (broad SMARTS) is 2. The third-order valence-corrected chi connectivity index (χ3v) is 10.9. The van der Waals surface area contributed by atoms with Gasteiger partial charge in [-0.1, -0.05) is 72.1 Å². The molecule has 0 spiro atoms. The number of carboxylic acids is 2. The van der Waals surface area contributed by atoms with Crippen LogP contribution in [0.5, 0.6) is 0 Å². The maximum absolute atomic E-state index is 12.1. The minimum atomic E-state index is -1.29. The second kappa shape index (κ2) is 41.2. The fourth-order valence-corrected chi connectivity index (χ4v) is 7.50. The molecule has 87 heavy (non-hydrogen) atoms. The number of aromatic carboxylic acids is 2. The van der Waals surface area contributed by atoms with Crippen molar-refractivity contribution in [3.05, 3.63) is 121 Å². The zero-order valence-electron chi connectivity index (χ0n) is 45.3. The zero-order chi connectivity index (χ0) is 64.2. The van der Waals surface area contributed by atoms with Gasteiger partial charge in [0.2, 0.25) is 49.4 Å². The first kappa shape index (κ1) is 84.3. The molecule has 0 bridgehead atoms. The molecule has 0 aliphatic rings. The number of carbonyl (C=O) groups excluding carboxylic acids is 1. The van der Waals surface area contributed by atoms with E-state index in [0.29, 0.717) is 26.0 Å². The van der Waals surface area contributed by atoms with Crippen LogP contribution in [0.25, 0.3) is 11.9 Å². The Morgan fingerprint density at radius 1 is 0.701 bits per heavy atom. The molecule has 0 aliphatic carbocycles. The molecular formula is C38H49Cl5N28Na2O12S2. The normalized spacial score (nSPS) is 9.75. The van der Waals surface area contributed by atoms with E-state index in [1.807, 2.05) is 41.5 Å². The molecule has 49 heteroatoms. The van der Waals surface area contributed by atoms with Crippen LogP contribution < -0.4 is 133 Å². The Kier molecular flexibility index (Phi) is 39.9. The number of hydrogen-bond acceptors (Lipinski definition) is 35. The molecule has 7 aromatic heterocycles. The van der Waals surface area contributed by atoms with Crippen molar-refractivity contribution in [2.24, 2.45) is 28.7 Å². The summed E-state index contributed by atoms with van der Waals surface area (Å²) in [5, 5.41) is 51.7. The second-order valence-electron chi connectivity index (χ2n) is 16.1. The molecule has 40 nitrogen and oxygen atoms in total. The molecule has 0 aliphatic heterocycles. The number of hydrazine groups is 3. The molecule has 0 saturated carbocycles. The van der Waals surface area contributed by atoms with Crippen LogP contribution in [0.2, 0.25) is 26.4 Å². The maximum Gasteiger partial charge on any atom is 1.00 e. The molecule has 462 valence electrons. The predicted octanol–water partition coefficient (Wildman–Crippen LogP) is -4.85. The summed E-state index contributed by atoms with van der Waals surface area (Å²) in [5.41, 5.74) is 20.6. The number of nitrogens with zero attached hydrogens (tertiary/aromatic N) is 16. The minimum absolute atomic E-state index is 0. The molecule has 1 aromatic carbocycles. The fourth-order valence-electron chi connectivity index (χ4n) is 4.88. The molecule has 8 rings (SSSR count). The van der Waals surface area contributed by atoms with Crippen LogP contribution in [-0.2, 0) is 20.5 Å². The van der Waals surface area contributed by atoms with Crippen LogP contribution in [0.1, 0.15) is 81.1 Å². The van der Waals surface area contributed by atoms with Gasteiger partial charge in [0.05, 0.1) is 22.5 Å². The molecule has 8 aromatic rings. The molecular weight excluding hydrogens is 1330 g/mol. The Morgan fingerprint density at radius 2 is 1.16 bits per heavy atom. The summed E-state index contributed by atoms with van der Waals surface area (Å²) in [5.74, 6) is 16.3. The largest absolute Gasteiger partial charge is 1.00 e. The quantitative estimate of drug-likeness (QED) is 0.0161. The average Bonchev–Trinajstić information content (AvgIpc) is 4.37. The third kappa shape index (κ3) is 30.5. The number of carbonyl (C=O) groups is 3. The van der Waals surface area contributed by atoms with Crippen molar-refractivity contribution >= 4 is 128 Å². The molecule has 0 radical (unpaired) electrons. The second-order valence-corrected chi connectivity index (χ2v) is 20.1. The van der Waals surface area contributed by atoms with E-state index in [1.54, 1.807) is 12.1 Å². The van der Waals surface area contributed by atoms with Crippen LogP contribution in [-0.4, -0.2) is 118 Å². The van der Waals surface area contributed by atoms with E-state index >= 15 is 0 Å². The van der Waals surface area contributed by atoms with E-state index in [2.05, 4.69) is 108 Å². The molecule has 0 amide bonds. The minimum Gasteiger partial charge on any atom is -0.662 e. The zero-order valence-corrected chi connectivity index (χ0v) is 54.8. The van der Waals surface area contributed by atoms with Gasteiger partial charge in [-0.3, -0.25) is 42.3 Å². The molecule has 0 atom stereocenters. The van der Waals surface area contributed by atoms with Gasteiger partial charge in [-0.05, 0) is 76.2 Å².